The van der Waals surface area contributed by atoms with Gasteiger partial charge in [0, 0.05) is 50.2 Å². The highest BCUT2D eigenvalue weighted by atomic mass is 19.4. The fraction of sp³-hybridized carbons (Fsp3) is 0.310. The van der Waals surface area contributed by atoms with Crippen LogP contribution >= 0.6 is 0 Å². The number of alkyl halides is 3. The molecule has 1 aliphatic heterocycles. The molecule has 1 aliphatic rings. The van der Waals surface area contributed by atoms with E-state index in [1.807, 2.05) is 18.7 Å². The molecule has 42 heavy (non-hydrogen) atoms. The molecule has 3 heterocycles. The fourth-order valence-corrected chi connectivity index (χ4v) is 5.23. The number of fused-ring (bicyclic) bond motifs is 1. The van der Waals surface area contributed by atoms with Crippen molar-refractivity contribution < 1.29 is 35.9 Å². The monoisotopic (exact) mass is 591 g/mol. The number of hydrogen-bond donors (Lipinski definition) is 1. The van der Waals surface area contributed by atoms with E-state index in [2.05, 4.69) is 15.0 Å². The number of imidazole rings is 1. The van der Waals surface area contributed by atoms with Crippen LogP contribution < -0.4 is 19.9 Å². The van der Waals surface area contributed by atoms with Crippen LogP contribution in [-0.4, -0.2) is 47.3 Å². The van der Waals surface area contributed by atoms with Crippen molar-refractivity contribution in [3.8, 4) is 5.75 Å². The molecule has 4 aromatic rings. The van der Waals surface area contributed by atoms with E-state index in [1.165, 1.54) is 59.1 Å². The van der Waals surface area contributed by atoms with Crippen molar-refractivity contribution in [1.82, 2.24) is 14.7 Å². The number of carbonyl (C=O) groups excluding carboxylic acids is 1. The molecule has 0 aliphatic carbocycles. The number of ether oxygens (including phenoxy) is 1. The summed E-state index contributed by atoms with van der Waals surface area (Å²) in [5.41, 5.74) is 1.64. The smallest absolute Gasteiger partial charge is 0.406 e. The Hall–Kier alpha value is -4.42. The first kappa shape index (κ1) is 29.1. The summed E-state index contributed by atoms with van der Waals surface area (Å²) in [6.07, 6.45) is -2.96. The number of piperazine rings is 1. The number of nitrogens with one attached hydrogen (secondary N) is 1. The van der Waals surface area contributed by atoms with Crippen LogP contribution in [0.3, 0.4) is 0 Å². The molecule has 5 rings (SSSR count). The molecule has 0 spiro atoms. The Balaban J connectivity index is 1.25. The highest BCUT2D eigenvalue weighted by Gasteiger charge is 2.32. The molecule has 13 heteroatoms. The Kier molecular flexibility index (Phi) is 7.93. The second-order valence-corrected chi connectivity index (χ2v) is 9.95. The average Bonchev–Trinajstić information content (AvgIpc) is 3.29. The number of halogens is 6. The maximum Gasteiger partial charge on any atom is 0.573 e. The number of pyridine rings is 1. The van der Waals surface area contributed by atoms with Crippen molar-refractivity contribution in [2.75, 3.05) is 29.4 Å². The number of anilines is 2. The fourth-order valence-electron chi connectivity index (χ4n) is 5.23. The van der Waals surface area contributed by atoms with E-state index < -0.39 is 29.7 Å². The van der Waals surface area contributed by atoms with Crippen LogP contribution in [0.5, 0.6) is 5.75 Å². The van der Waals surface area contributed by atoms with Gasteiger partial charge < -0.3 is 19.9 Å². The van der Waals surface area contributed by atoms with E-state index >= 15 is 8.78 Å². The van der Waals surface area contributed by atoms with Gasteiger partial charge in [0.2, 0.25) is 0 Å². The first-order valence-corrected chi connectivity index (χ1v) is 13.2. The Morgan fingerprint density at radius 2 is 1.74 bits per heavy atom. The molecule has 0 radical (unpaired) electrons. The van der Waals surface area contributed by atoms with Gasteiger partial charge in [-0.1, -0.05) is 6.92 Å². The molecule has 0 unspecified atom stereocenters. The number of rotatable bonds is 7. The van der Waals surface area contributed by atoms with E-state index in [-0.39, 0.29) is 54.0 Å². The number of amides is 1. The topological polar surface area (TPSA) is 62.1 Å². The minimum absolute atomic E-state index is 0.150. The maximum absolute atomic E-state index is 15.2. The summed E-state index contributed by atoms with van der Waals surface area (Å²) in [6, 6.07) is 9.99. The number of aromatic nitrogens is 2. The van der Waals surface area contributed by atoms with E-state index in [9.17, 15) is 22.4 Å². The Morgan fingerprint density at radius 1 is 1.05 bits per heavy atom. The first-order chi connectivity index (χ1) is 19.9. The lowest BCUT2D eigenvalue weighted by molar-refractivity contribution is -0.274. The van der Waals surface area contributed by atoms with E-state index in [1.54, 1.807) is 4.90 Å². The van der Waals surface area contributed by atoms with Crippen LogP contribution in [0.15, 0.2) is 54.7 Å². The minimum atomic E-state index is -4.79. The van der Waals surface area contributed by atoms with Gasteiger partial charge in [-0.25, -0.2) is 18.2 Å². The molecule has 1 saturated heterocycles. The molecular formula is C29H27F6N5O2. The van der Waals surface area contributed by atoms with Crippen molar-refractivity contribution >= 4 is 22.9 Å². The van der Waals surface area contributed by atoms with E-state index in [4.69, 9.17) is 0 Å². The van der Waals surface area contributed by atoms with Gasteiger partial charge >= 0.3 is 6.36 Å². The lowest BCUT2D eigenvalue weighted by Crippen LogP contribution is -2.52. The van der Waals surface area contributed by atoms with Crippen molar-refractivity contribution in [2.45, 2.75) is 39.2 Å². The van der Waals surface area contributed by atoms with Gasteiger partial charge in [-0.05, 0) is 61.4 Å². The van der Waals surface area contributed by atoms with Crippen LogP contribution in [0.25, 0.3) is 5.65 Å². The van der Waals surface area contributed by atoms with Gasteiger partial charge in [-0.3, -0.25) is 9.20 Å². The summed E-state index contributed by atoms with van der Waals surface area (Å²) in [4.78, 5) is 20.8. The van der Waals surface area contributed by atoms with Gasteiger partial charge in [-0.2, -0.15) is 0 Å². The number of benzene rings is 2. The summed E-state index contributed by atoms with van der Waals surface area (Å²) >= 11 is 0. The van der Waals surface area contributed by atoms with E-state index in [0.29, 0.717) is 24.3 Å². The van der Waals surface area contributed by atoms with Crippen molar-refractivity contribution in [1.29, 1.82) is 0 Å². The molecule has 0 saturated carbocycles. The SMILES string of the molecule is CCc1nc2cc(F)ccn2c1C(=O)NCc1cc(F)c(N2CCN(c3ccc(OC(F)(F)F)cc3)[C@@H](C)C2)c(F)c1. The van der Waals surface area contributed by atoms with Crippen molar-refractivity contribution in [3.63, 3.8) is 0 Å². The summed E-state index contributed by atoms with van der Waals surface area (Å²) in [5.74, 6) is -2.91. The lowest BCUT2D eigenvalue weighted by Gasteiger charge is -2.42. The molecule has 1 fully saturated rings. The number of hydrogen-bond acceptors (Lipinski definition) is 5. The predicted octanol–water partition coefficient (Wildman–Crippen LogP) is 5.86. The molecule has 1 atom stereocenters. The Labute approximate surface area is 237 Å². The second-order valence-electron chi connectivity index (χ2n) is 9.95. The second kappa shape index (κ2) is 11.5. The van der Waals surface area contributed by atoms with Crippen LogP contribution in [0.1, 0.15) is 35.6 Å². The highest BCUT2D eigenvalue weighted by Crippen LogP contribution is 2.31. The summed E-state index contributed by atoms with van der Waals surface area (Å²) in [6.45, 7) is 4.42. The minimum Gasteiger partial charge on any atom is -0.406 e. The maximum atomic E-state index is 15.2. The van der Waals surface area contributed by atoms with Gasteiger partial charge in [0.15, 0.2) is 0 Å². The first-order valence-electron chi connectivity index (χ1n) is 13.2. The van der Waals surface area contributed by atoms with Crippen LogP contribution in [-0.2, 0) is 13.0 Å². The zero-order valence-corrected chi connectivity index (χ0v) is 22.7. The molecule has 1 N–H and O–H groups in total. The van der Waals surface area contributed by atoms with Crippen LogP contribution in [0.4, 0.5) is 37.7 Å². The van der Waals surface area contributed by atoms with Crippen molar-refractivity contribution in [2.24, 2.45) is 0 Å². The summed E-state index contributed by atoms with van der Waals surface area (Å²) < 4.78 is 86.8. The molecule has 2 aromatic carbocycles. The zero-order valence-electron chi connectivity index (χ0n) is 22.7. The third-order valence-electron chi connectivity index (χ3n) is 7.09. The molecule has 2 aromatic heterocycles. The lowest BCUT2D eigenvalue weighted by atomic mass is 10.1. The number of aryl methyl sites for hydroxylation is 1. The third-order valence-corrected chi connectivity index (χ3v) is 7.09. The number of nitrogens with zero attached hydrogens (tertiary/aromatic N) is 4. The van der Waals surface area contributed by atoms with Gasteiger partial charge in [0.05, 0.1) is 5.69 Å². The normalized spacial score (nSPS) is 15.8. The van der Waals surface area contributed by atoms with Gasteiger partial charge in [0.1, 0.15) is 40.2 Å². The summed E-state index contributed by atoms with van der Waals surface area (Å²) in [5, 5.41) is 2.67. The predicted molar refractivity (Wildman–Crippen MR) is 144 cm³/mol. The third kappa shape index (κ3) is 6.09. The average molecular weight is 592 g/mol. The Bertz CT molecular complexity index is 1580. The zero-order chi connectivity index (χ0) is 30.2. The summed E-state index contributed by atoms with van der Waals surface area (Å²) in [7, 11) is 0. The molecule has 0 bridgehead atoms. The standard InChI is InChI=1S/C29H27F6N5O2/c1-3-24-27(40-9-8-19(30)14-25(40)37-24)28(41)36-15-18-12-22(31)26(23(32)13-18)38-10-11-39(17(2)16-38)20-4-6-21(7-5-20)42-29(33,34)35/h4-9,12-14,17H,3,10-11,15-16H2,1-2H3,(H,36,41)/t17-/m0/s1. The van der Waals surface area contributed by atoms with Gasteiger partial charge in [0.25, 0.3) is 5.91 Å². The number of carbonyl (C=O) groups is 1. The molecular weight excluding hydrogens is 564 g/mol. The molecule has 1 amide bonds. The largest absolute Gasteiger partial charge is 0.573 e. The van der Waals surface area contributed by atoms with Gasteiger partial charge in [-0.15, -0.1) is 13.2 Å². The van der Waals surface area contributed by atoms with Crippen LogP contribution in [0.2, 0.25) is 0 Å². The molecule has 7 nitrogen and oxygen atoms in total. The van der Waals surface area contributed by atoms with E-state index in [0.717, 1.165) is 0 Å². The molecule has 222 valence electrons. The Morgan fingerprint density at radius 3 is 2.36 bits per heavy atom. The highest BCUT2D eigenvalue weighted by molar-refractivity contribution is 5.94. The van der Waals surface area contributed by atoms with Crippen LogP contribution in [0, 0.1) is 17.5 Å². The quantitative estimate of drug-likeness (QED) is 0.273. The van der Waals surface area contributed by atoms with Crippen molar-refractivity contribution in [3.05, 3.63) is 89.1 Å².